The van der Waals surface area contributed by atoms with Crippen LogP contribution < -0.4 is 0 Å². The van der Waals surface area contributed by atoms with Crippen LogP contribution in [0.2, 0.25) is 0 Å². The summed E-state index contributed by atoms with van der Waals surface area (Å²) in [7, 11) is 0. The summed E-state index contributed by atoms with van der Waals surface area (Å²) in [6.45, 7) is 1.90. The zero-order valence-corrected chi connectivity index (χ0v) is 7.10. The molecule has 0 aromatic rings. The number of hydrogen-bond donors (Lipinski definition) is 1. The molecule has 1 aliphatic carbocycles. The molecule has 0 bridgehead atoms. The molecule has 2 nitrogen and oxygen atoms in total. The second-order valence-electron chi connectivity index (χ2n) is 3.70. The Morgan fingerprint density at radius 2 is 2.18 bits per heavy atom. The van der Waals surface area contributed by atoms with E-state index in [0.717, 1.165) is 25.7 Å². The highest BCUT2D eigenvalue weighted by atomic mass is 16.3. The number of rotatable bonds is 1. The first kappa shape index (κ1) is 8.72. The number of ketones is 1. The molecular weight excluding hydrogens is 140 g/mol. The van der Waals surface area contributed by atoms with Crippen molar-refractivity contribution >= 4 is 5.78 Å². The predicted octanol–water partition coefficient (Wildman–Crippen LogP) is 1.52. The average Bonchev–Trinajstić information content (AvgIpc) is 2.16. The van der Waals surface area contributed by atoms with Crippen LogP contribution >= 0.6 is 0 Å². The van der Waals surface area contributed by atoms with Gasteiger partial charge in [-0.3, -0.25) is 4.79 Å². The molecule has 1 aliphatic rings. The summed E-state index contributed by atoms with van der Waals surface area (Å²) < 4.78 is 0. The molecule has 1 N–H and O–H groups in total. The molecule has 0 aliphatic heterocycles. The van der Waals surface area contributed by atoms with Crippen LogP contribution in [0.15, 0.2) is 0 Å². The van der Waals surface area contributed by atoms with Gasteiger partial charge in [0.25, 0.3) is 0 Å². The fraction of sp³-hybridized carbons (Fsp3) is 0.889. The molecule has 64 valence electrons. The Bertz CT molecular complexity index is 154. The second-order valence-corrected chi connectivity index (χ2v) is 3.70. The van der Waals surface area contributed by atoms with Gasteiger partial charge in [-0.1, -0.05) is 19.8 Å². The van der Waals surface area contributed by atoms with Crippen LogP contribution in [0.1, 0.15) is 39.0 Å². The lowest BCUT2D eigenvalue weighted by Gasteiger charge is -2.22. The van der Waals surface area contributed by atoms with E-state index < -0.39 is 5.41 Å². The number of carbonyl (C=O) groups is 1. The van der Waals surface area contributed by atoms with E-state index >= 15 is 0 Å². The van der Waals surface area contributed by atoms with Crippen molar-refractivity contribution in [3.05, 3.63) is 0 Å². The normalized spacial score (nSPS) is 33.5. The Morgan fingerprint density at radius 3 is 2.82 bits per heavy atom. The summed E-state index contributed by atoms with van der Waals surface area (Å²) in [6, 6.07) is 0. The van der Waals surface area contributed by atoms with Crippen molar-refractivity contribution in [2.24, 2.45) is 5.41 Å². The molecule has 1 fully saturated rings. The van der Waals surface area contributed by atoms with E-state index in [1.165, 1.54) is 0 Å². The summed E-state index contributed by atoms with van der Waals surface area (Å²) in [5.74, 6) is 0.248. The molecule has 1 rings (SSSR count). The third-order valence-corrected chi connectivity index (χ3v) is 2.65. The SMILES string of the molecule is CC1(CO)CCCCCC1=O. The molecule has 0 heterocycles. The number of aliphatic hydroxyl groups is 1. The van der Waals surface area contributed by atoms with Crippen molar-refractivity contribution in [2.75, 3.05) is 6.61 Å². The van der Waals surface area contributed by atoms with Crippen LogP contribution in [0, 0.1) is 5.41 Å². The van der Waals surface area contributed by atoms with Gasteiger partial charge in [0, 0.05) is 11.8 Å². The van der Waals surface area contributed by atoms with Gasteiger partial charge < -0.3 is 5.11 Å². The highest BCUT2D eigenvalue weighted by Gasteiger charge is 2.32. The third-order valence-electron chi connectivity index (χ3n) is 2.65. The Morgan fingerprint density at radius 1 is 1.45 bits per heavy atom. The van der Waals surface area contributed by atoms with Crippen molar-refractivity contribution < 1.29 is 9.90 Å². The van der Waals surface area contributed by atoms with Crippen LogP contribution in [-0.2, 0) is 4.79 Å². The summed E-state index contributed by atoms with van der Waals surface area (Å²) in [5.41, 5.74) is -0.420. The van der Waals surface area contributed by atoms with E-state index in [2.05, 4.69) is 0 Å². The molecule has 1 atom stereocenters. The largest absolute Gasteiger partial charge is 0.395 e. The predicted molar refractivity (Wildman–Crippen MR) is 43.3 cm³/mol. The van der Waals surface area contributed by atoms with Gasteiger partial charge in [-0.05, 0) is 12.8 Å². The van der Waals surface area contributed by atoms with Crippen LogP contribution in [0.5, 0.6) is 0 Å². The molecule has 0 radical (unpaired) electrons. The minimum Gasteiger partial charge on any atom is -0.395 e. The summed E-state index contributed by atoms with van der Waals surface area (Å²) in [5, 5.41) is 9.02. The topological polar surface area (TPSA) is 37.3 Å². The van der Waals surface area contributed by atoms with E-state index in [1.54, 1.807) is 0 Å². The summed E-state index contributed by atoms with van der Waals surface area (Å²) >= 11 is 0. The Hall–Kier alpha value is -0.370. The first-order valence-electron chi connectivity index (χ1n) is 4.33. The Labute approximate surface area is 67.6 Å². The van der Waals surface area contributed by atoms with Gasteiger partial charge in [0.15, 0.2) is 0 Å². The third kappa shape index (κ3) is 1.80. The van der Waals surface area contributed by atoms with Crippen LogP contribution in [0.25, 0.3) is 0 Å². The van der Waals surface area contributed by atoms with Crippen LogP contribution in [-0.4, -0.2) is 17.5 Å². The first-order valence-corrected chi connectivity index (χ1v) is 4.33. The van der Waals surface area contributed by atoms with Gasteiger partial charge in [0.2, 0.25) is 0 Å². The first-order chi connectivity index (χ1) is 5.19. The molecule has 0 saturated heterocycles. The van der Waals surface area contributed by atoms with Gasteiger partial charge in [0.05, 0.1) is 6.61 Å². The number of aliphatic hydroxyl groups excluding tert-OH is 1. The lowest BCUT2D eigenvalue weighted by Crippen LogP contribution is -2.30. The van der Waals surface area contributed by atoms with E-state index in [0.29, 0.717) is 6.42 Å². The maximum atomic E-state index is 11.4. The zero-order valence-electron chi connectivity index (χ0n) is 7.10. The number of Topliss-reactive ketones (excluding diaryl/α,β-unsaturated/α-hetero) is 1. The molecule has 1 unspecified atom stereocenters. The highest BCUT2D eigenvalue weighted by molar-refractivity contribution is 5.84. The number of hydrogen-bond acceptors (Lipinski definition) is 2. The lowest BCUT2D eigenvalue weighted by atomic mass is 9.82. The standard InChI is InChI=1S/C9H16O2/c1-9(7-10)6-4-2-3-5-8(9)11/h10H,2-7H2,1H3. The van der Waals surface area contributed by atoms with Gasteiger partial charge in [-0.25, -0.2) is 0 Å². The van der Waals surface area contributed by atoms with Crippen molar-refractivity contribution in [2.45, 2.75) is 39.0 Å². The van der Waals surface area contributed by atoms with E-state index in [9.17, 15) is 4.79 Å². The summed E-state index contributed by atoms with van der Waals surface area (Å²) in [6.07, 6.45) is 4.76. The number of carbonyl (C=O) groups excluding carboxylic acids is 1. The van der Waals surface area contributed by atoms with Gasteiger partial charge in [-0.15, -0.1) is 0 Å². The molecule has 1 saturated carbocycles. The molecule has 0 aromatic heterocycles. The maximum absolute atomic E-state index is 11.4. The van der Waals surface area contributed by atoms with Gasteiger partial charge >= 0.3 is 0 Å². The van der Waals surface area contributed by atoms with Crippen molar-refractivity contribution in [3.8, 4) is 0 Å². The van der Waals surface area contributed by atoms with Crippen molar-refractivity contribution in [3.63, 3.8) is 0 Å². The van der Waals surface area contributed by atoms with Gasteiger partial charge in [0.1, 0.15) is 5.78 Å². The Kier molecular flexibility index (Phi) is 2.66. The minimum absolute atomic E-state index is 0.0197. The minimum atomic E-state index is -0.420. The Balaban J connectivity index is 2.66. The highest BCUT2D eigenvalue weighted by Crippen LogP contribution is 2.30. The molecule has 0 aromatic carbocycles. The smallest absolute Gasteiger partial charge is 0.141 e. The maximum Gasteiger partial charge on any atom is 0.141 e. The van der Waals surface area contributed by atoms with Crippen molar-refractivity contribution in [1.82, 2.24) is 0 Å². The molecular formula is C9H16O2. The lowest BCUT2D eigenvalue weighted by molar-refractivity contribution is -0.129. The van der Waals surface area contributed by atoms with Crippen LogP contribution in [0.4, 0.5) is 0 Å². The fourth-order valence-corrected chi connectivity index (χ4v) is 1.59. The van der Waals surface area contributed by atoms with Crippen LogP contribution in [0.3, 0.4) is 0 Å². The monoisotopic (exact) mass is 156 g/mol. The molecule has 0 amide bonds. The van der Waals surface area contributed by atoms with Crippen molar-refractivity contribution in [1.29, 1.82) is 0 Å². The van der Waals surface area contributed by atoms with Gasteiger partial charge in [-0.2, -0.15) is 0 Å². The van der Waals surface area contributed by atoms with E-state index in [1.807, 2.05) is 6.92 Å². The summed E-state index contributed by atoms with van der Waals surface area (Å²) in [4.78, 5) is 11.4. The molecule has 2 heteroatoms. The fourth-order valence-electron chi connectivity index (χ4n) is 1.59. The average molecular weight is 156 g/mol. The quantitative estimate of drug-likeness (QED) is 0.584. The van der Waals surface area contributed by atoms with E-state index in [4.69, 9.17) is 5.11 Å². The second kappa shape index (κ2) is 3.35. The molecule has 11 heavy (non-hydrogen) atoms. The molecule has 0 spiro atoms. The van der Waals surface area contributed by atoms with E-state index in [-0.39, 0.29) is 12.4 Å². The zero-order chi connectivity index (χ0) is 8.32.